The maximum absolute atomic E-state index is 12.1. The molecular weight excluding hydrogens is 274 g/mol. The Morgan fingerprint density at radius 2 is 1.90 bits per heavy atom. The van der Waals surface area contributed by atoms with Crippen LogP contribution in [0.25, 0.3) is 0 Å². The molecule has 4 N–H and O–H groups in total. The largest absolute Gasteiger partial charge is 0.387 e. The first-order chi connectivity index (χ1) is 9.14. The number of hydrogen-bond acceptors (Lipinski definition) is 3. The van der Waals surface area contributed by atoms with Crippen LogP contribution in [0.15, 0.2) is 30.3 Å². The molecular formula is C14H23N3O2S. The van der Waals surface area contributed by atoms with E-state index in [-0.39, 0.29) is 24.1 Å². The summed E-state index contributed by atoms with van der Waals surface area (Å²) in [6.07, 6.45) is 0. The van der Waals surface area contributed by atoms with E-state index in [1.807, 2.05) is 37.3 Å². The van der Waals surface area contributed by atoms with Crippen LogP contribution in [0.3, 0.4) is 0 Å². The Bertz CT molecular complexity index is 553. The third-order valence-electron chi connectivity index (χ3n) is 3.30. The van der Waals surface area contributed by atoms with Crippen LogP contribution < -0.4 is 10.5 Å². The molecule has 0 spiro atoms. The first-order valence-corrected chi connectivity index (χ1v) is 8.16. The highest BCUT2D eigenvalue weighted by molar-refractivity contribution is 7.89. The molecule has 112 valence electrons. The smallest absolute Gasteiger partial charge is 0.212 e. The minimum Gasteiger partial charge on any atom is -0.387 e. The fourth-order valence-corrected chi connectivity index (χ4v) is 3.20. The van der Waals surface area contributed by atoms with Crippen LogP contribution in [-0.4, -0.2) is 26.6 Å². The van der Waals surface area contributed by atoms with E-state index >= 15 is 0 Å². The lowest BCUT2D eigenvalue weighted by Gasteiger charge is -2.23. The first-order valence-electron chi connectivity index (χ1n) is 6.51. The highest BCUT2D eigenvalue weighted by Gasteiger charge is 2.25. The van der Waals surface area contributed by atoms with Gasteiger partial charge in [0.2, 0.25) is 10.0 Å². The number of sulfonamides is 1. The Balaban J connectivity index is 2.65. The number of rotatable bonds is 7. The van der Waals surface area contributed by atoms with Gasteiger partial charge in [0.15, 0.2) is 0 Å². The zero-order valence-electron chi connectivity index (χ0n) is 12.2. The number of amidine groups is 1. The summed E-state index contributed by atoms with van der Waals surface area (Å²) < 4.78 is 26.7. The molecule has 0 fully saturated rings. The number of nitrogens with two attached hydrogens (primary N) is 1. The maximum atomic E-state index is 12.1. The van der Waals surface area contributed by atoms with E-state index in [2.05, 4.69) is 4.72 Å². The van der Waals surface area contributed by atoms with Crippen LogP contribution in [0.1, 0.15) is 32.3 Å². The molecule has 0 aliphatic heterocycles. The van der Waals surface area contributed by atoms with E-state index in [9.17, 15) is 8.42 Å². The second kappa shape index (κ2) is 6.37. The normalized spacial score (nSPS) is 13.9. The quantitative estimate of drug-likeness (QED) is 0.527. The number of benzene rings is 1. The third kappa shape index (κ3) is 4.94. The molecule has 0 amide bonds. The average Bonchev–Trinajstić information content (AvgIpc) is 2.37. The van der Waals surface area contributed by atoms with Gasteiger partial charge < -0.3 is 5.73 Å². The molecule has 1 unspecified atom stereocenters. The van der Waals surface area contributed by atoms with Gasteiger partial charge in [-0.2, -0.15) is 0 Å². The van der Waals surface area contributed by atoms with E-state index in [4.69, 9.17) is 11.1 Å². The molecule has 0 saturated heterocycles. The van der Waals surface area contributed by atoms with E-state index < -0.39 is 15.4 Å². The molecule has 0 aromatic heterocycles. The lowest BCUT2D eigenvalue weighted by molar-refractivity contribution is 0.492. The van der Waals surface area contributed by atoms with Crippen molar-refractivity contribution in [3.05, 3.63) is 35.9 Å². The predicted molar refractivity (Wildman–Crippen MR) is 82.3 cm³/mol. The molecule has 0 heterocycles. The zero-order chi connectivity index (χ0) is 15.4. The summed E-state index contributed by atoms with van der Waals surface area (Å²) >= 11 is 0. The van der Waals surface area contributed by atoms with E-state index in [0.29, 0.717) is 0 Å². The monoisotopic (exact) mass is 297 g/mol. The van der Waals surface area contributed by atoms with Gasteiger partial charge in [-0.15, -0.1) is 0 Å². The second-order valence-corrected chi connectivity index (χ2v) is 7.56. The first kappa shape index (κ1) is 16.7. The Morgan fingerprint density at radius 3 is 2.40 bits per heavy atom. The summed E-state index contributed by atoms with van der Waals surface area (Å²) in [5.74, 6) is -0.101. The highest BCUT2D eigenvalue weighted by atomic mass is 32.2. The minimum atomic E-state index is -3.40. The van der Waals surface area contributed by atoms with E-state index in [0.717, 1.165) is 5.56 Å². The van der Waals surface area contributed by atoms with E-state index in [1.54, 1.807) is 13.8 Å². The Kier molecular flexibility index (Phi) is 5.30. The van der Waals surface area contributed by atoms with Crippen molar-refractivity contribution in [1.29, 1.82) is 5.41 Å². The van der Waals surface area contributed by atoms with Crippen molar-refractivity contribution in [3.63, 3.8) is 0 Å². The lowest BCUT2D eigenvalue weighted by atomic mass is 9.93. The van der Waals surface area contributed by atoms with Crippen molar-refractivity contribution < 1.29 is 8.42 Å². The van der Waals surface area contributed by atoms with Crippen molar-refractivity contribution >= 4 is 15.9 Å². The van der Waals surface area contributed by atoms with Gasteiger partial charge in [-0.25, -0.2) is 13.1 Å². The summed E-state index contributed by atoms with van der Waals surface area (Å²) in [6, 6.07) is 9.52. The predicted octanol–water partition coefficient (Wildman–Crippen LogP) is 1.67. The van der Waals surface area contributed by atoms with Gasteiger partial charge in [-0.1, -0.05) is 51.1 Å². The van der Waals surface area contributed by atoms with Crippen LogP contribution in [0.4, 0.5) is 0 Å². The molecule has 0 aliphatic rings. The Morgan fingerprint density at radius 1 is 1.35 bits per heavy atom. The number of hydrogen-bond donors (Lipinski definition) is 3. The van der Waals surface area contributed by atoms with Crippen LogP contribution in [-0.2, 0) is 10.0 Å². The molecule has 6 heteroatoms. The summed E-state index contributed by atoms with van der Waals surface area (Å²) in [6.45, 7) is 5.48. The average molecular weight is 297 g/mol. The van der Waals surface area contributed by atoms with Crippen molar-refractivity contribution in [2.24, 2.45) is 11.1 Å². The molecule has 1 atom stereocenters. The molecule has 0 bridgehead atoms. The van der Waals surface area contributed by atoms with Gasteiger partial charge >= 0.3 is 0 Å². The maximum Gasteiger partial charge on any atom is 0.212 e. The second-order valence-electron chi connectivity index (χ2n) is 5.71. The summed E-state index contributed by atoms with van der Waals surface area (Å²) in [5.41, 5.74) is 5.75. The molecule has 1 rings (SSSR count). The van der Waals surface area contributed by atoms with Crippen molar-refractivity contribution in [3.8, 4) is 0 Å². The van der Waals surface area contributed by atoms with Crippen LogP contribution in [0, 0.1) is 10.8 Å². The van der Waals surface area contributed by atoms with Crippen LogP contribution in [0.2, 0.25) is 0 Å². The fraction of sp³-hybridized carbons (Fsp3) is 0.500. The van der Waals surface area contributed by atoms with Crippen molar-refractivity contribution in [2.45, 2.75) is 26.7 Å². The molecule has 1 aromatic carbocycles. The third-order valence-corrected chi connectivity index (χ3v) is 4.82. The lowest BCUT2D eigenvalue weighted by Crippen LogP contribution is -2.43. The number of nitrogens with one attached hydrogen (secondary N) is 2. The Hall–Kier alpha value is -1.40. The van der Waals surface area contributed by atoms with Crippen molar-refractivity contribution in [2.75, 3.05) is 12.3 Å². The molecule has 0 saturated carbocycles. The SMILES string of the molecule is CC(CS(=O)(=O)NCC(C)(C)C(=N)N)c1ccccc1. The van der Waals surface area contributed by atoms with Crippen LogP contribution in [0.5, 0.6) is 0 Å². The van der Waals surface area contributed by atoms with Gasteiger partial charge in [-0.3, -0.25) is 5.41 Å². The van der Waals surface area contributed by atoms with Gasteiger partial charge in [0.25, 0.3) is 0 Å². The van der Waals surface area contributed by atoms with Gasteiger partial charge in [0.1, 0.15) is 0 Å². The fourth-order valence-electron chi connectivity index (χ4n) is 1.65. The highest BCUT2D eigenvalue weighted by Crippen LogP contribution is 2.17. The van der Waals surface area contributed by atoms with E-state index in [1.165, 1.54) is 0 Å². The standard InChI is InChI=1S/C14H23N3O2S/c1-11(12-7-5-4-6-8-12)9-20(18,19)17-10-14(2,3)13(15)16/h4-8,11,17H,9-10H2,1-3H3,(H3,15,16). The minimum absolute atomic E-state index is 0.0188. The molecule has 0 radical (unpaired) electrons. The molecule has 1 aromatic rings. The van der Waals surface area contributed by atoms with Crippen LogP contribution >= 0.6 is 0 Å². The summed E-state index contributed by atoms with van der Waals surface area (Å²) in [4.78, 5) is 0. The zero-order valence-corrected chi connectivity index (χ0v) is 13.0. The van der Waals surface area contributed by atoms with Gasteiger partial charge in [-0.05, 0) is 11.5 Å². The van der Waals surface area contributed by atoms with Gasteiger partial charge in [0.05, 0.1) is 11.6 Å². The Labute approximate surface area is 121 Å². The van der Waals surface area contributed by atoms with Crippen molar-refractivity contribution in [1.82, 2.24) is 4.72 Å². The molecule has 20 heavy (non-hydrogen) atoms. The summed E-state index contributed by atoms with van der Waals surface area (Å²) in [5, 5.41) is 7.42. The van der Waals surface area contributed by atoms with Gasteiger partial charge in [0, 0.05) is 12.0 Å². The molecule has 5 nitrogen and oxygen atoms in total. The summed E-state index contributed by atoms with van der Waals surface area (Å²) in [7, 11) is -3.40. The molecule has 0 aliphatic carbocycles. The topological polar surface area (TPSA) is 96.0 Å².